The van der Waals surface area contributed by atoms with Gasteiger partial charge in [0.2, 0.25) is 5.91 Å². The molecule has 0 aliphatic carbocycles. The average Bonchev–Trinajstić information content (AvgIpc) is 2.43. The SMILES string of the molecule is COC(=O)CCCN1CCNC(=O)CC1. The Balaban J connectivity index is 2.15. The van der Waals surface area contributed by atoms with Crippen molar-refractivity contribution in [3.8, 4) is 0 Å². The number of ether oxygens (including phenoxy) is 1. The quantitative estimate of drug-likeness (QED) is 0.656. The van der Waals surface area contributed by atoms with Crippen molar-refractivity contribution in [1.29, 1.82) is 0 Å². The van der Waals surface area contributed by atoms with Crippen molar-refractivity contribution in [2.75, 3.05) is 33.3 Å². The summed E-state index contributed by atoms with van der Waals surface area (Å²) >= 11 is 0. The zero-order chi connectivity index (χ0) is 11.1. The van der Waals surface area contributed by atoms with E-state index in [4.69, 9.17) is 0 Å². The normalized spacial score (nSPS) is 18.1. The number of amides is 1. The number of esters is 1. The zero-order valence-corrected chi connectivity index (χ0v) is 9.12. The third-order valence-electron chi connectivity index (χ3n) is 2.49. The van der Waals surface area contributed by atoms with Crippen LogP contribution in [0, 0.1) is 0 Å². The molecule has 0 unspecified atom stereocenters. The number of carbonyl (C=O) groups excluding carboxylic acids is 2. The topological polar surface area (TPSA) is 58.6 Å². The number of hydrogen-bond acceptors (Lipinski definition) is 4. The molecule has 1 N–H and O–H groups in total. The molecular weight excluding hydrogens is 196 g/mol. The van der Waals surface area contributed by atoms with E-state index in [9.17, 15) is 9.59 Å². The molecule has 1 heterocycles. The molecular formula is C10H18N2O3. The van der Waals surface area contributed by atoms with Gasteiger partial charge in [0.05, 0.1) is 7.11 Å². The predicted octanol–water partition coefficient (Wildman–Crippen LogP) is -0.238. The Kier molecular flexibility index (Phi) is 5.10. The van der Waals surface area contributed by atoms with Gasteiger partial charge in [-0.25, -0.2) is 0 Å². The van der Waals surface area contributed by atoms with Crippen LogP contribution in [0.5, 0.6) is 0 Å². The summed E-state index contributed by atoms with van der Waals surface area (Å²) in [5.74, 6) is -0.0514. The molecule has 15 heavy (non-hydrogen) atoms. The Morgan fingerprint density at radius 1 is 1.53 bits per heavy atom. The summed E-state index contributed by atoms with van der Waals surface area (Å²) in [6.07, 6.45) is 1.80. The Morgan fingerprint density at radius 2 is 2.33 bits per heavy atom. The summed E-state index contributed by atoms with van der Waals surface area (Å²) in [6, 6.07) is 0. The van der Waals surface area contributed by atoms with Crippen LogP contribution < -0.4 is 5.32 Å². The Hall–Kier alpha value is -1.10. The fourth-order valence-corrected chi connectivity index (χ4v) is 1.59. The van der Waals surface area contributed by atoms with Crippen LogP contribution >= 0.6 is 0 Å². The number of carbonyl (C=O) groups is 2. The van der Waals surface area contributed by atoms with E-state index in [-0.39, 0.29) is 11.9 Å². The van der Waals surface area contributed by atoms with Crippen LogP contribution in [-0.2, 0) is 14.3 Å². The van der Waals surface area contributed by atoms with Gasteiger partial charge in [0.15, 0.2) is 0 Å². The molecule has 0 saturated carbocycles. The molecule has 1 aliphatic heterocycles. The molecule has 1 saturated heterocycles. The van der Waals surface area contributed by atoms with Gasteiger partial charge in [0.25, 0.3) is 0 Å². The molecule has 0 aromatic heterocycles. The van der Waals surface area contributed by atoms with Crippen molar-refractivity contribution in [3.63, 3.8) is 0 Å². The maximum Gasteiger partial charge on any atom is 0.305 e. The van der Waals surface area contributed by atoms with Gasteiger partial charge >= 0.3 is 5.97 Å². The molecule has 0 aromatic rings. The van der Waals surface area contributed by atoms with Gasteiger partial charge in [0, 0.05) is 32.5 Å². The maximum absolute atomic E-state index is 11.0. The standard InChI is InChI=1S/C10H18N2O3/c1-15-10(14)3-2-6-12-7-4-9(13)11-5-8-12/h2-8H2,1H3,(H,11,13). The van der Waals surface area contributed by atoms with Crippen molar-refractivity contribution in [1.82, 2.24) is 10.2 Å². The third kappa shape index (κ3) is 4.78. The lowest BCUT2D eigenvalue weighted by molar-refractivity contribution is -0.140. The summed E-state index contributed by atoms with van der Waals surface area (Å²) in [5, 5.41) is 2.81. The molecule has 0 aromatic carbocycles. The summed E-state index contributed by atoms with van der Waals surface area (Å²) < 4.78 is 4.56. The van der Waals surface area contributed by atoms with E-state index in [1.807, 2.05) is 0 Å². The lowest BCUT2D eigenvalue weighted by Crippen LogP contribution is -2.29. The molecule has 0 radical (unpaired) electrons. The maximum atomic E-state index is 11.0. The van der Waals surface area contributed by atoms with Crippen molar-refractivity contribution in [2.45, 2.75) is 19.3 Å². The van der Waals surface area contributed by atoms with Crippen LogP contribution in [0.4, 0.5) is 0 Å². The first-order valence-electron chi connectivity index (χ1n) is 5.28. The highest BCUT2D eigenvalue weighted by atomic mass is 16.5. The van der Waals surface area contributed by atoms with E-state index < -0.39 is 0 Å². The van der Waals surface area contributed by atoms with Crippen molar-refractivity contribution in [2.24, 2.45) is 0 Å². The van der Waals surface area contributed by atoms with E-state index >= 15 is 0 Å². The van der Waals surface area contributed by atoms with Crippen LogP contribution in [-0.4, -0.2) is 50.1 Å². The number of hydrogen-bond donors (Lipinski definition) is 1. The van der Waals surface area contributed by atoms with Gasteiger partial charge in [-0.2, -0.15) is 0 Å². The summed E-state index contributed by atoms with van der Waals surface area (Å²) in [5.41, 5.74) is 0. The van der Waals surface area contributed by atoms with Gasteiger partial charge in [-0.3, -0.25) is 9.59 Å². The third-order valence-corrected chi connectivity index (χ3v) is 2.49. The zero-order valence-electron chi connectivity index (χ0n) is 9.12. The van der Waals surface area contributed by atoms with E-state index in [1.54, 1.807) is 0 Å². The monoisotopic (exact) mass is 214 g/mol. The average molecular weight is 214 g/mol. The molecule has 1 rings (SSSR count). The highest BCUT2D eigenvalue weighted by Gasteiger charge is 2.13. The van der Waals surface area contributed by atoms with E-state index in [2.05, 4.69) is 15.0 Å². The largest absolute Gasteiger partial charge is 0.469 e. The summed E-state index contributed by atoms with van der Waals surface area (Å²) in [7, 11) is 1.40. The first-order valence-corrected chi connectivity index (χ1v) is 5.28. The fourth-order valence-electron chi connectivity index (χ4n) is 1.59. The Morgan fingerprint density at radius 3 is 3.07 bits per heavy atom. The summed E-state index contributed by atoms with van der Waals surface area (Å²) in [6.45, 7) is 3.21. The molecule has 0 spiro atoms. The highest BCUT2D eigenvalue weighted by Crippen LogP contribution is 2.00. The molecule has 1 fully saturated rings. The van der Waals surface area contributed by atoms with Crippen LogP contribution in [0.3, 0.4) is 0 Å². The van der Waals surface area contributed by atoms with Gasteiger partial charge in [-0.15, -0.1) is 0 Å². The first-order chi connectivity index (χ1) is 7.22. The Labute approximate surface area is 89.8 Å². The van der Waals surface area contributed by atoms with Crippen molar-refractivity contribution < 1.29 is 14.3 Å². The molecule has 0 atom stereocenters. The van der Waals surface area contributed by atoms with Gasteiger partial charge in [-0.05, 0) is 13.0 Å². The van der Waals surface area contributed by atoms with Gasteiger partial charge in [-0.1, -0.05) is 0 Å². The van der Waals surface area contributed by atoms with Gasteiger partial charge in [0.1, 0.15) is 0 Å². The lowest BCUT2D eigenvalue weighted by Gasteiger charge is -2.18. The number of rotatable bonds is 4. The molecule has 5 nitrogen and oxygen atoms in total. The number of nitrogens with zero attached hydrogens (tertiary/aromatic N) is 1. The van der Waals surface area contributed by atoms with E-state index in [0.717, 1.165) is 26.1 Å². The van der Waals surface area contributed by atoms with Crippen LogP contribution in [0.15, 0.2) is 0 Å². The minimum absolute atomic E-state index is 0.116. The van der Waals surface area contributed by atoms with E-state index in [1.165, 1.54) is 7.11 Å². The number of methoxy groups -OCH3 is 1. The van der Waals surface area contributed by atoms with Crippen LogP contribution in [0.25, 0.3) is 0 Å². The van der Waals surface area contributed by atoms with Crippen molar-refractivity contribution in [3.05, 3.63) is 0 Å². The fraction of sp³-hybridized carbons (Fsp3) is 0.800. The lowest BCUT2D eigenvalue weighted by atomic mass is 10.3. The van der Waals surface area contributed by atoms with Crippen LogP contribution in [0.1, 0.15) is 19.3 Å². The second kappa shape index (κ2) is 6.40. The molecule has 0 bridgehead atoms. The summed E-state index contributed by atoms with van der Waals surface area (Å²) in [4.78, 5) is 24.1. The van der Waals surface area contributed by atoms with Crippen LogP contribution in [0.2, 0.25) is 0 Å². The first kappa shape index (κ1) is 12.0. The van der Waals surface area contributed by atoms with E-state index in [0.29, 0.717) is 19.4 Å². The smallest absolute Gasteiger partial charge is 0.305 e. The minimum atomic E-state index is -0.168. The Bertz CT molecular complexity index is 231. The second-order valence-corrected chi connectivity index (χ2v) is 3.62. The highest BCUT2D eigenvalue weighted by molar-refractivity contribution is 5.76. The molecule has 86 valence electrons. The molecule has 5 heteroatoms. The molecule has 1 amide bonds. The number of nitrogens with one attached hydrogen (secondary N) is 1. The second-order valence-electron chi connectivity index (χ2n) is 3.62. The molecule has 1 aliphatic rings. The van der Waals surface area contributed by atoms with Crippen molar-refractivity contribution >= 4 is 11.9 Å². The minimum Gasteiger partial charge on any atom is -0.469 e. The predicted molar refractivity (Wildman–Crippen MR) is 55.3 cm³/mol. The van der Waals surface area contributed by atoms with Gasteiger partial charge < -0.3 is 15.0 Å².